The van der Waals surface area contributed by atoms with E-state index in [0.29, 0.717) is 23.0 Å². The van der Waals surface area contributed by atoms with Crippen LogP contribution in [0.4, 0.5) is 0 Å². The summed E-state index contributed by atoms with van der Waals surface area (Å²) in [5.41, 5.74) is 3.23. The van der Waals surface area contributed by atoms with Crippen LogP contribution in [0.5, 0.6) is 0 Å². The number of aromatic nitrogens is 4. The topological polar surface area (TPSA) is 81.8 Å². The molecule has 2 aromatic carbocycles. The van der Waals surface area contributed by atoms with Crippen LogP contribution in [0.3, 0.4) is 0 Å². The fraction of sp³-hybridized carbons (Fsp3) is 0.360. The van der Waals surface area contributed by atoms with Gasteiger partial charge in [-0.3, -0.25) is 14.2 Å². The van der Waals surface area contributed by atoms with Crippen LogP contribution in [-0.2, 0) is 19.5 Å². The van der Waals surface area contributed by atoms with Gasteiger partial charge in [0.25, 0.3) is 11.5 Å². The lowest BCUT2D eigenvalue weighted by Gasteiger charge is -2.16. The SMILES string of the molecule is O=C(NCCCn1cnc2ccccc21)c1ccc2c(=O)n3c(nc2c1)CCCCCC3. The fourth-order valence-corrected chi connectivity index (χ4v) is 4.48. The van der Waals surface area contributed by atoms with Gasteiger partial charge in [0.1, 0.15) is 5.82 Å². The molecular weight excluding hydrogens is 402 g/mol. The van der Waals surface area contributed by atoms with E-state index < -0.39 is 0 Å². The molecular formula is C25H27N5O2. The maximum Gasteiger partial charge on any atom is 0.261 e. The van der Waals surface area contributed by atoms with Crippen molar-refractivity contribution in [3.63, 3.8) is 0 Å². The number of amides is 1. The summed E-state index contributed by atoms with van der Waals surface area (Å²) in [6.07, 6.45) is 7.83. The third-order valence-corrected chi connectivity index (χ3v) is 6.22. The number of fused-ring (bicyclic) bond motifs is 3. The Hall–Kier alpha value is -3.48. The minimum atomic E-state index is -0.143. The number of hydrogen-bond donors (Lipinski definition) is 1. The van der Waals surface area contributed by atoms with E-state index >= 15 is 0 Å². The number of aryl methyl sites for hydroxylation is 2. The van der Waals surface area contributed by atoms with Gasteiger partial charge in [0, 0.05) is 31.6 Å². The monoisotopic (exact) mass is 429 g/mol. The van der Waals surface area contributed by atoms with Crippen molar-refractivity contribution in [1.29, 1.82) is 0 Å². The Bertz CT molecular complexity index is 1340. The van der Waals surface area contributed by atoms with E-state index in [2.05, 4.69) is 14.9 Å². The van der Waals surface area contributed by atoms with Crippen molar-refractivity contribution in [2.75, 3.05) is 6.54 Å². The molecule has 0 bridgehead atoms. The summed E-state index contributed by atoms with van der Waals surface area (Å²) in [5, 5.41) is 3.57. The van der Waals surface area contributed by atoms with Gasteiger partial charge >= 0.3 is 0 Å². The highest BCUT2D eigenvalue weighted by molar-refractivity contribution is 5.97. The molecule has 1 aliphatic rings. The van der Waals surface area contributed by atoms with E-state index in [0.717, 1.165) is 62.1 Å². The maximum atomic E-state index is 13.0. The molecule has 164 valence electrons. The number of hydrogen-bond acceptors (Lipinski definition) is 4. The van der Waals surface area contributed by atoms with Gasteiger partial charge in [0.2, 0.25) is 0 Å². The van der Waals surface area contributed by atoms with Crippen molar-refractivity contribution in [2.45, 2.75) is 51.6 Å². The summed E-state index contributed by atoms with van der Waals surface area (Å²) < 4.78 is 3.92. The predicted octanol–water partition coefficient (Wildman–Crippen LogP) is 3.68. The summed E-state index contributed by atoms with van der Waals surface area (Å²) in [6, 6.07) is 13.2. The van der Waals surface area contributed by atoms with Crippen LogP contribution >= 0.6 is 0 Å². The van der Waals surface area contributed by atoms with Crippen LogP contribution in [0.1, 0.15) is 48.3 Å². The van der Waals surface area contributed by atoms with Crippen molar-refractivity contribution >= 4 is 27.8 Å². The van der Waals surface area contributed by atoms with Gasteiger partial charge in [-0.05, 0) is 49.6 Å². The standard InChI is InChI=1S/C25H27N5O2/c31-24(26-13-7-14-29-17-27-20-8-4-5-9-22(20)29)18-11-12-19-21(16-18)28-23-10-3-1-2-6-15-30(23)25(19)32/h4-5,8-9,11-12,16-17H,1-3,6-7,10,13-15H2,(H,26,31). The smallest absolute Gasteiger partial charge is 0.261 e. The van der Waals surface area contributed by atoms with Crippen molar-refractivity contribution in [3.05, 3.63) is 70.5 Å². The van der Waals surface area contributed by atoms with Gasteiger partial charge in [0.05, 0.1) is 28.3 Å². The zero-order valence-corrected chi connectivity index (χ0v) is 18.1. The zero-order valence-electron chi connectivity index (χ0n) is 18.1. The second-order valence-electron chi connectivity index (χ2n) is 8.42. The first-order chi connectivity index (χ1) is 15.7. The van der Waals surface area contributed by atoms with E-state index in [-0.39, 0.29) is 11.5 Å². The van der Waals surface area contributed by atoms with Crippen molar-refractivity contribution in [2.24, 2.45) is 0 Å². The molecule has 0 unspecified atom stereocenters. The maximum absolute atomic E-state index is 13.0. The van der Waals surface area contributed by atoms with Crippen molar-refractivity contribution < 1.29 is 4.79 Å². The molecule has 0 fully saturated rings. The number of para-hydroxylation sites is 2. The summed E-state index contributed by atoms with van der Waals surface area (Å²) in [6.45, 7) is 2.07. The van der Waals surface area contributed by atoms with Gasteiger partial charge in [-0.1, -0.05) is 25.0 Å². The lowest BCUT2D eigenvalue weighted by Crippen LogP contribution is -2.27. The Morgan fingerprint density at radius 2 is 1.91 bits per heavy atom. The quantitative estimate of drug-likeness (QED) is 0.491. The zero-order chi connectivity index (χ0) is 21.9. The Kier molecular flexibility index (Phi) is 5.71. The van der Waals surface area contributed by atoms with E-state index in [1.165, 1.54) is 6.42 Å². The number of imidazole rings is 1. The number of carbonyl (C=O) groups excluding carboxylic acids is 1. The van der Waals surface area contributed by atoms with Crippen LogP contribution in [0, 0.1) is 0 Å². The molecule has 0 aliphatic carbocycles. The molecule has 5 rings (SSSR count). The number of carbonyl (C=O) groups is 1. The molecule has 3 heterocycles. The minimum Gasteiger partial charge on any atom is -0.352 e. The highest BCUT2D eigenvalue weighted by Crippen LogP contribution is 2.17. The average molecular weight is 430 g/mol. The Labute approximate surface area is 186 Å². The first kappa shape index (κ1) is 20.4. The van der Waals surface area contributed by atoms with E-state index in [1.807, 2.05) is 35.2 Å². The molecule has 1 aliphatic heterocycles. The Morgan fingerprint density at radius 3 is 2.84 bits per heavy atom. The second kappa shape index (κ2) is 8.94. The Balaban J connectivity index is 1.27. The highest BCUT2D eigenvalue weighted by atomic mass is 16.1. The molecule has 7 nitrogen and oxygen atoms in total. The van der Waals surface area contributed by atoms with E-state index in [1.54, 1.807) is 18.2 Å². The molecule has 32 heavy (non-hydrogen) atoms. The lowest BCUT2D eigenvalue weighted by molar-refractivity contribution is 0.0953. The third-order valence-electron chi connectivity index (χ3n) is 6.22. The normalized spacial score (nSPS) is 14.1. The first-order valence-electron chi connectivity index (χ1n) is 11.4. The molecule has 0 radical (unpaired) electrons. The van der Waals surface area contributed by atoms with E-state index in [4.69, 9.17) is 4.98 Å². The van der Waals surface area contributed by atoms with Crippen LogP contribution in [0.2, 0.25) is 0 Å². The lowest BCUT2D eigenvalue weighted by atomic mass is 10.1. The van der Waals surface area contributed by atoms with Crippen molar-refractivity contribution in [3.8, 4) is 0 Å². The number of rotatable bonds is 5. The molecule has 2 aromatic heterocycles. The molecule has 7 heteroatoms. The fourth-order valence-electron chi connectivity index (χ4n) is 4.48. The number of benzene rings is 2. The highest BCUT2D eigenvalue weighted by Gasteiger charge is 2.15. The molecule has 0 atom stereocenters. The summed E-state index contributed by atoms with van der Waals surface area (Å²) in [5.74, 6) is 0.698. The third kappa shape index (κ3) is 4.02. The second-order valence-corrected chi connectivity index (χ2v) is 8.42. The van der Waals surface area contributed by atoms with Crippen LogP contribution < -0.4 is 10.9 Å². The van der Waals surface area contributed by atoms with Crippen LogP contribution in [-0.4, -0.2) is 31.6 Å². The minimum absolute atomic E-state index is 0.00594. The van der Waals surface area contributed by atoms with Gasteiger partial charge in [-0.25, -0.2) is 9.97 Å². The van der Waals surface area contributed by atoms with Gasteiger partial charge in [-0.2, -0.15) is 0 Å². The average Bonchev–Trinajstić information content (AvgIpc) is 3.21. The van der Waals surface area contributed by atoms with Gasteiger partial charge < -0.3 is 9.88 Å². The van der Waals surface area contributed by atoms with Crippen molar-refractivity contribution in [1.82, 2.24) is 24.4 Å². The summed E-state index contributed by atoms with van der Waals surface area (Å²) in [7, 11) is 0. The molecule has 4 aromatic rings. The molecule has 1 amide bonds. The van der Waals surface area contributed by atoms with E-state index in [9.17, 15) is 9.59 Å². The molecule has 1 N–H and O–H groups in total. The molecule has 0 saturated heterocycles. The summed E-state index contributed by atoms with van der Waals surface area (Å²) in [4.78, 5) is 34.8. The first-order valence-corrected chi connectivity index (χ1v) is 11.4. The molecule has 0 spiro atoms. The Morgan fingerprint density at radius 1 is 1.03 bits per heavy atom. The largest absolute Gasteiger partial charge is 0.352 e. The van der Waals surface area contributed by atoms with Crippen LogP contribution in [0.15, 0.2) is 53.6 Å². The molecule has 0 saturated carbocycles. The van der Waals surface area contributed by atoms with Gasteiger partial charge in [-0.15, -0.1) is 0 Å². The van der Waals surface area contributed by atoms with Crippen LogP contribution in [0.25, 0.3) is 21.9 Å². The number of nitrogens with one attached hydrogen (secondary N) is 1. The number of nitrogens with zero attached hydrogens (tertiary/aromatic N) is 4. The predicted molar refractivity (Wildman–Crippen MR) is 125 cm³/mol. The van der Waals surface area contributed by atoms with Gasteiger partial charge in [0.15, 0.2) is 0 Å². The summed E-state index contributed by atoms with van der Waals surface area (Å²) >= 11 is 0.